The topological polar surface area (TPSA) is 55.1 Å². The summed E-state index contributed by atoms with van der Waals surface area (Å²) in [5.74, 6) is 2.64. The van der Waals surface area contributed by atoms with E-state index < -0.39 is 0 Å². The first kappa shape index (κ1) is 14.3. The molecule has 24 heavy (non-hydrogen) atoms. The molecule has 0 spiro atoms. The van der Waals surface area contributed by atoms with E-state index in [1.807, 2.05) is 12.3 Å². The number of aromatic nitrogens is 3. The maximum Gasteiger partial charge on any atom is 0.231 e. The molecule has 1 atom stereocenters. The Hall–Kier alpha value is -2.05. The third-order valence-electron chi connectivity index (χ3n) is 5.19. The summed E-state index contributed by atoms with van der Waals surface area (Å²) < 4.78 is 5.63. The smallest absolute Gasteiger partial charge is 0.231 e. The molecule has 0 saturated carbocycles. The Balaban J connectivity index is 1.41. The first-order valence-corrected chi connectivity index (χ1v) is 9.25. The Bertz CT molecular complexity index is 836. The molecule has 6 rings (SSSR count). The fourth-order valence-electron chi connectivity index (χ4n) is 3.85. The first-order chi connectivity index (χ1) is 11.9. The molecule has 0 aromatic carbocycles. The number of nitrogens with zero attached hydrogens (tertiary/aromatic N) is 4. The zero-order chi connectivity index (χ0) is 15.9. The Kier molecular flexibility index (Phi) is 3.45. The van der Waals surface area contributed by atoms with Crippen LogP contribution in [-0.2, 0) is 0 Å². The minimum atomic E-state index is 0.409. The molecule has 122 valence electrons. The Morgan fingerprint density at radius 1 is 1.12 bits per heavy atom. The van der Waals surface area contributed by atoms with Crippen molar-refractivity contribution in [1.82, 2.24) is 20.0 Å². The summed E-state index contributed by atoms with van der Waals surface area (Å²) in [5, 5.41) is 4.24. The van der Waals surface area contributed by atoms with Crippen molar-refractivity contribution in [3.05, 3.63) is 42.5 Å². The van der Waals surface area contributed by atoms with E-state index in [9.17, 15) is 0 Å². The van der Waals surface area contributed by atoms with E-state index in [1.54, 1.807) is 17.5 Å². The first-order valence-electron chi connectivity index (χ1n) is 8.43. The van der Waals surface area contributed by atoms with Gasteiger partial charge in [0.25, 0.3) is 0 Å². The van der Waals surface area contributed by atoms with Gasteiger partial charge in [-0.1, -0.05) is 11.2 Å². The summed E-state index contributed by atoms with van der Waals surface area (Å²) >= 11 is 1.68. The van der Waals surface area contributed by atoms with Crippen LogP contribution in [0.15, 0.2) is 41.2 Å². The van der Waals surface area contributed by atoms with Gasteiger partial charge in [0, 0.05) is 29.4 Å². The van der Waals surface area contributed by atoms with E-state index >= 15 is 0 Å². The van der Waals surface area contributed by atoms with Gasteiger partial charge in [0.2, 0.25) is 11.7 Å². The highest BCUT2D eigenvalue weighted by atomic mass is 32.1. The highest BCUT2D eigenvalue weighted by molar-refractivity contribution is 7.18. The lowest BCUT2D eigenvalue weighted by Crippen LogP contribution is -2.46. The summed E-state index contributed by atoms with van der Waals surface area (Å²) in [5.41, 5.74) is 1.12. The van der Waals surface area contributed by atoms with Gasteiger partial charge < -0.3 is 9.42 Å². The van der Waals surface area contributed by atoms with Gasteiger partial charge in [-0.15, -0.1) is 11.3 Å². The fraction of sp³-hybridized carbons (Fsp3) is 0.389. The summed E-state index contributed by atoms with van der Waals surface area (Å²) in [6.07, 6.45) is 6.18. The minimum absolute atomic E-state index is 0.409. The zero-order valence-electron chi connectivity index (χ0n) is 13.3. The maximum atomic E-state index is 5.63. The Morgan fingerprint density at radius 3 is 2.75 bits per heavy atom. The Morgan fingerprint density at radius 2 is 2.00 bits per heavy atom. The van der Waals surface area contributed by atoms with Gasteiger partial charge in [0.05, 0.1) is 10.8 Å². The lowest BCUT2D eigenvalue weighted by Gasteiger charge is -2.43. The molecule has 6 heteroatoms. The SMILES string of the molecule is c1cncc(-c2ccc(-c3noc(C4CN5CCC4CC5)n3)s2)c1. The van der Waals surface area contributed by atoms with E-state index in [4.69, 9.17) is 9.51 Å². The maximum absolute atomic E-state index is 5.63. The van der Waals surface area contributed by atoms with E-state index in [2.05, 4.69) is 33.2 Å². The number of hydrogen-bond donors (Lipinski definition) is 0. The van der Waals surface area contributed by atoms with Gasteiger partial charge in [-0.05, 0) is 50.0 Å². The van der Waals surface area contributed by atoms with Crippen LogP contribution in [0.5, 0.6) is 0 Å². The molecule has 6 heterocycles. The Labute approximate surface area is 144 Å². The molecule has 0 aliphatic carbocycles. The van der Waals surface area contributed by atoms with Gasteiger partial charge in [-0.2, -0.15) is 4.98 Å². The van der Waals surface area contributed by atoms with Gasteiger partial charge in [0.1, 0.15) is 0 Å². The molecular weight excluding hydrogens is 320 g/mol. The van der Waals surface area contributed by atoms with Crippen LogP contribution in [0.25, 0.3) is 21.1 Å². The van der Waals surface area contributed by atoms with Crippen molar-refractivity contribution in [2.75, 3.05) is 19.6 Å². The molecule has 3 saturated heterocycles. The molecule has 0 N–H and O–H groups in total. The third kappa shape index (κ3) is 2.46. The predicted molar refractivity (Wildman–Crippen MR) is 92.7 cm³/mol. The molecule has 3 aliphatic rings. The molecule has 3 aromatic heterocycles. The van der Waals surface area contributed by atoms with Crippen molar-refractivity contribution < 1.29 is 4.52 Å². The highest BCUT2D eigenvalue weighted by Gasteiger charge is 2.38. The average molecular weight is 338 g/mol. The van der Waals surface area contributed by atoms with E-state index in [-0.39, 0.29) is 0 Å². The summed E-state index contributed by atoms with van der Waals surface area (Å²) in [7, 11) is 0. The largest absolute Gasteiger partial charge is 0.339 e. The van der Waals surface area contributed by atoms with Crippen molar-refractivity contribution in [3.8, 4) is 21.1 Å². The van der Waals surface area contributed by atoms with Gasteiger partial charge in [-0.25, -0.2) is 0 Å². The predicted octanol–water partition coefficient (Wildman–Crippen LogP) is 3.67. The molecule has 0 amide bonds. The molecule has 3 aromatic rings. The second-order valence-electron chi connectivity index (χ2n) is 6.61. The van der Waals surface area contributed by atoms with Gasteiger partial charge in [-0.3, -0.25) is 4.98 Å². The van der Waals surface area contributed by atoms with Crippen LogP contribution >= 0.6 is 11.3 Å². The molecule has 5 nitrogen and oxygen atoms in total. The van der Waals surface area contributed by atoms with Crippen molar-refractivity contribution in [2.24, 2.45) is 5.92 Å². The van der Waals surface area contributed by atoms with Crippen LogP contribution in [0.2, 0.25) is 0 Å². The van der Waals surface area contributed by atoms with Crippen LogP contribution in [0, 0.1) is 5.92 Å². The van der Waals surface area contributed by atoms with Crippen LogP contribution in [0.3, 0.4) is 0 Å². The minimum Gasteiger partial charge on any atom is -0.339 e. The number of fused-ring (bicyclic) bond motifs is 3. The monoisotopic (exact) mass is 338 g/mol. The molecule has 0 radical (unpaired) electrons. The second kappa shape index (κ2) is 5.79. The van der Waals surface area contributed by atoms with Crippen molar-refractivity contribution in [2.45, 2.75) is 18.8 Å². The lowest BCUT2D eigenvalue weighted by molar-refractivity contribution is 0.0727. The molecule has 3 aliphatic heterocycles. The molecule has 3 fully saturated rings. The van der Waals surface area contributed by atoms with Gasteiger partial charge in [0.15, 0.2) is 0 Å². The van der Waals surface area contributed by atoms with Crippen LogP contribution in [-0.4, -0.2) is 39.7 Å². The van der Waals surface area contributed by atoms with Crippen LogP contribution in [0.1, 0.15) is 24.7 Å². The van der Waals surface area contributed by atoms with Crippen LogP contribution in [0.4, 0.5) is 0 Å². The van der Waals surface area contributed by atoms with Crippen molar-refractivity contribution >= 4 is 11.3 Å². The van der Waals surface area contributed by atoms with Crippen molar-refractivity contribution in [1.29, 1.82) is 0 Å². The number of piperidine rings is 3. The fourth-order valence-corrected chi connectivity index (χ4v) is 4.77. The zero-order valence-corrected chi connectivity index (χ0v) is 14.1. The standard InChI is InChI=1S/C18H18N4OS/c1-2-13(10-19-7-1)15-3-4-16(24-15)17-20-18(23-21-17)14-11-22-8-5-12(14)6-9-22/h1-4,7,10,12,14H,5-6,8-9,11H2. The van der Waals surface area contributed by atoms with E-state index in [0.717, 1.165) is 22.9 Å². The summed E-state index contributed by atoms with van der Waals surface area (Å²) in [4.78, 5) is 13.6. The van der Waals surface area contributed by atoms with Crippen LogP contribution < -0.4 is 0 Å². The summed E-state index contributed by atoms with van der Waals surface area (Å²) in [6.45, 7) is 3.51. The van der Waals surface area contributed by atoms with E-state index in [1.165, 1.54) is 30.8 Å². The molecule has 1 unspecified atom stereocenters. The molecular formula is C18H18N4OS. The lowest BCUT2D eigenvalue weighted by atomic mass is 9.79. The van der Waals surface area contributed by atoms with E-state index in [0.29, 0.717) is 17.7 Å². The number of pyridine rings is 1. The van der Waals surface area contributed by atoms with Gasteiger partial charge >= 0.3 is 0 Å². The normalized spacial score (nSPS) is 25.9. The third-order valence-corrected chi connectivity index (χ3v) is 6.32. The number of hydrogen-bond acceptors (Lipinski definition) is 6. The number of rotatable bonds is 3. The summed E-state index contributed by atoms with van der Waals surface area (Å²) in [6, 6.07) is 8.19. The van der Waals surface area contributed by atoms with Crippen molar-refractivity contribution in [3.63, 3.8) is 0 Å². The second-order valence-corrected chi connectivity index (χ2v) is 7.69. The number of thiophene rings is 1. The highest BCUT2D eigenvalue weighted by Crippen LogP contribution is 2.39. The molecule has 2 bridgehead atoms. The average Bonchev–Trinajstić information content (AvgIpc) is 3.33. The quantitative estimate of drug-likeness (QED) is 0.729.